The van der Waals surface area contributed by atoms with E-state index in [1.807, 2.05) is 0 Å². The number of anilines is 2. The molecule has 3 atom stereocenters. The largest absolute Gasteiger partial charge is 0.419 e. The van der Waals surface area contributed by atoms with Crippen LogP contribution in [0.4, 0.5) is 15.9 Å². The van der Waals surface area contributed by atoms with Gasteiger partial charge in [0.25, 0.3) is 5.89 Å². The van der Waals surface area contributed by atoms with Crippen molar-refractivity contribution in [3.8, 4) is 10.9 Å². The Hall–Kier alpha value is -3.29. The number of fused-ring (bicyclic) bond motifs is 5. The van der Waals surface area contributed by atoms with E-state index >= 15 is 0 Å². The summed E-state index contributed by atoms with van der Waals surface area (Å²) in [7, 11) is 1.78. The van der Waals surface area contributed by atoms with Crippen molar-refractivity contribution in [3.05, 3.63) is 30.0 Å². The number of hydrogen-bond donors (Lipinski definition) is 3. The predicted octanol–water partition coefficient (Wildman–Crippen LogP) is 4.18. The lowest BCUT2D eigenvalue weighted by atomic mass is 10.0. The molecule has 7 rings (SSSR count). The maximum absolute atomic E-state index is 14.6. The molecule has 5 heterocycles. The first-order chi connectivity index (χ1) is 17.5. The predicted molar refractivity (Wildman–Crippen MR) is 137 cm³/mol. The van der Waals surface area contributed by atoms with Crippen molar-refractivity contribution in [2.45, 2.75) is 41.2 Å². The SMILES string of the molecule is CNc1cc(F)cc2c1[nH]c1nc(Sc3cnc(-c4nnc(C)o4)s3)nc(N3C[C@H]4C[C@@H]3C[C@H]4N)c12. The number of hydrogen-bond acceptors (Lipinski definition) is 11. The molecule has 0 radical (unpaired) electrons. The number of nitrogens with two attached hydrogens (primary N) is 1. The smallest absolute Gasteiger partial charge is 0.276 e. The van der Waals surface area contributed by atoms with Crippen molar-refractivity contribution in [1.29, 1.82) is 0 Å². The van der Waals surface area contributed by atoms with E-state index in [1.165, 1.54) is 29.2 Å². The number of nitrogens with one attached hydrogen (secondary N) is 2. The molecule has 0 unspecified atom stereocenters. The van der Waals surface area contributed by atoms with Gasteiger partial charge in [-0.15, -0.1) is 21.5 Å². The minimum Gasteiger partial charge on any atom is -0.419 e. The number of thiazole rings is 1. The third-order valence-corrected chi connectivity index (χ3v) is 8.96. The molecule has 13 heteroatoms. The summed E-state index contributed by atoms with van der Waals surface area (Å²) in [5, 5.41) is 13.8. The topological polar surface area (TPSA) is 135 Å². The third-order valence-electron chi connectivity index (χ3n) is 7.01. The molecular formula is C23H22FN9OS2. The first-order valence-electron chi connectivity index (χ1n) is 11.6. The molecule has 184 valence electrons. The van der Waals surface area contributed by atoms with E-state index in [1.54, 1.807) is 26.2 Å². The molecule has 2 aliphatic rings. The highest BCUT2D eigenvalue weighted by atomic mass is 32.2. The Balaban J connectivity index is 1.35. The molecule has 10 nitrogen and oxygen atoms in total. The van der Waals surface area contributed by atoms with Crippen LogP contribution in [0.15, 0.2) is 32.1 Å². The summed E-state index contributed by atoms with van der Waals surface area (Å²) in [4.78, 5) is 20.0. The van der Waals surface area contributed by atoms with Gasteiger partial charge in [-0.05, 0) is 42.7 Å². The first-order valence-corrected chi connectivity index (χ1v) is 13.3. The lowest BCUT2D eigenvalue weighted by Gasteiger charge is -2.31. The highest BCUT2D eigenvalue weighted by Gasteiger charge is 2.44. The standard InChI is InChI=1S/C23H22FN9OS2/c1-9-31-32-21(34-9)22-27-7-16(35-22)36-23-29-19-17(13-4-11(24)5-15(26-2)18(13)28-19)20(30-23)33-8-10-3-12(33)6-14(10)25/h4-5,7,10,12,14,26H,3,6,8,25H2,1-2H3,(H,28,29,30)/t10-,12-,14-/m1/s1. The fourth-order valence-corrected chi connectivity index (χ4v) is 7.16. The maximum atomic E-state index is 14.6. The summed E-state index contributed by atoms with van der Waals surface area (Å²) in [5.74, 6) is 1.83. The average molecular weight is 524 g/mol. The van der Waals surface area contributed by atoms with E-state index in [2.05, 4.69) is 30.4 Å². The molecule has 2 bridgehead atoms. The first kappa shape index (κ1) is 21.9. The Morgan fingerprint density at radius 2 is 2.17 bits per heavy atom. The van der Waals surface area contributed by atoms with Gasteiger partial charge in [-0.25, -0.2) is 19.3 Å². The zero-order chi connectivity index (χ0) is 24.6. The molecule has 0 spiro atoms. The Morgan fingerprint density at radius 1 is 1.28 bits per heavy atom. The van der Waals surface area contributed by atoms with Gasteiger partial charge < -0.3 is 25.4 Å². The quantitative estimate of drug-likeness (QED) is 0.288. The fourth-order valence-electron chi connectivity index (χ4n) is 5.41. The third kappa shape index (κ3) is 3.44. The molecule has 2 fully saturated rings. The van der Waals surface area contributed by atoms with Crippen LogP contribution in [0, 0.1) is 18.7 Å². The number of nitrogens with zero attached hydrogens (tertiary/aromatic N) is 6. The number of aromatic nitrogens is 6. The number of rotatable bonds is 5. The molecule has 4 aromatic heterocycles. The molecule has 36 heavy (non-hydrogen) atoms. The average Bonchev–Trinajstić information content (AvgIpc) is 3.66. The van der Waals surface area contributed by atoms with Gasteiger partial charge in [-0.1, -0.05) is 0 Å². The van der Waals surface area contributed by atoms with Crippen molar-refractivity contribution in [2.75, 3.05) is 23.8 Å². The second kappa shape index (κ2) is 8.11. The summed E-state index contributed by atoms with van der Waals surface area (Å²) in [6.45, 7) is 2.58. The van der Waals surface area contributed by atoms with E-state index in [9.17, 15) is 4.39 Å². The van der Waals surface area contributed by atoms with Gasteiger partial charge >= 0.3 is 0 Å². The molecule has 0 amide bonds. The highest BCUT2D eigenvalue weighted by molar-refractivity contribution is 8.01. The number of piperidine rings is 1. The van der Waals surface area contributed by atoms with Gasteiger partial charge in [0.15, 0.2) is 10.2 Å². The van der Waals surface area contributed by atoms with Crippen LogP contribution in [0.5, 0.6) is 0 Å². The van der Waals surface area contributed by atoms with Crippen LogP contribution in [0.3, 0.4) is 0 Å². The van der Waals surface area contributed by atoms with Crippen molar-refractivity contribution >= 4 is 56.5 Å². The summed E-state index contributed by atoms with van der Waals surface area (Å²) < 4.78 is 21.0. The second-order valence-corrected chi connectivity index (χ2v) is 11.5. The summed E-state index contributed by atoms with van der Waals surface area (Å²) in [6.07, 6.45) is 3.74. The van der Waals surface area contributed by atoms with Crippen molar-refractivity contribution in [3.63, 3.8) is 0 Å². The summed E-state index contributed by atoms with van der Waals surface area (Å²) >= 11 is 2.86. The van der Waals surface area contributed by atoms with Crippen molar-refractivity contribution in [2.24, 2.45) is 11.7 Å². The maximum Gasteiger partial charge on any atom is 0.276 e. The van der Waals surface area contributed by atoms with Gasteiger partial charge in [-0.3, -0.25) is 0 Å². The molecule has 4 N–H and O–H groups in total. The van der Waals surface area contributed by atoms with Crippen LogP contribution >= 0.6 is 23.1 Å². The zero-order valence-corrected chi connectivity index (χ0v) is 21.1. The molecular weight excluding hydrogens is 501 g/mol. The van der Waals surface area contributed by atoms with E-state index in [4.69, 9.17) is 20.1 Å². The van der Waals surface area contributed by atoms with Gasteiger partial charge in [-0.2, -0.15) is 0 Å². The zero-order valence-electron chi connectivity index (χ0n) is 19.4. The summed E-state index contributed by atoms with van der Waals surface area (Å²) in [5.41, 5.74) is 8.49. The van der Waals surface area contributed by atoms with Gasteiger partial charge in [0.05, 0.1) is 27.0 Å². The molecule has 1 saturated carbocycles. The van der Waals surface area contributed by atoms with Gasteiger partial charge in [0.2, 0.25) is 5.89 Å². The van der Waals surface area contributed by atoms with Crippen molar-refractivity contribution < 1.29 is 8.81 Å². The Morgan fingerprint density at radius 3 is 2.89 bits per heavy atom. The minimum atomic E-state index is -0.310. The minimum absolute atomic E-state index is 0.220. The van der Waals surface area contributed by atoms with Crippen LogP contribution in [0.1, 0.15) is 18.7 Å². The van der Waals surface area contributed by atoms with Gasteiger partial charge in [0, 0.05) is 38.0 Å². The van der Waals surface area contributed by atoms with E-state index < -0.39 is 0 Å². The van der Waals surface area contributed by atoms with Crippen LogP contribution < -0.4 is 16.0 Å². The van der Waals surface area contributed by atoms with E-state index in [0.717, 1.165) is 45.7 Å². The number of H-pyrrole nitrogens is 1. The Bertz CT molecular complexity index is 1630. The van der Waals surface area contributed by atoms with Crippen LogP contribution in [-0.2, 0) is 0 Å². The number of halogens is 1. The van der Waals surface area contributed by atoms with E-state index in [-0.39, 0.29) is 11.9 Å². The second-order valence-electron chi connectivity index (χ2n) is 9.22. The molecule has 1 aliphatic heterocycles. The molecule has 1 aliphatic carbocycles. The molecule has 5 aromatic rings. The Labute approximate surface area is 212 Å². The van der Waals surface area contributed by atoms with Crippen molar-refractivity contribution in [1.82, 2.24) is 30.1 Å². The normalized spacial score (nSPS) is 21.3. The molecule has 1 aromatic carbocycles. The Kier molecular flexibility index (Phi) is 4.95. The number of aryl methyl sites for hydroxylation is 1. The summed E-state index contributed by atoms with van der Waals surface area (Å²) in [6, 6.07) is 3.57. The molecule has 1 saturated heterocycles. The number of aromatic amines is 1. The van der Waals surface area contributed by atoms with Crippen LogP contribution in [-0.4, -0.2) is 55.8 Å². The lowest BCUT2D eigenvalue weighted by Crippen LogP contribution is -2.41. The fraction of sp³-hybridized carbons (Fsp3) is 0.348. The number of benzene rings is 1. The monoisotopic (exact) mass is 523 g/mol. The van der Waals surface area contributed by atoms with Crippen LogP contribution in [0.2, 0.25) is 0 Å². The van der Waals surface area contributed by atoms with Gasteiger partial charge in [0.1, 0.15) is 17.3 Å². The lowest BCUT2D eigenvalue weighted by molar-refractivity contribution is 0.471. The highest BCUT2D eigenvalue weighted by Crippen LogP contribution is 2.45. The van der Waals surface area contributed by atoms with E-state index in [0.29, 0.717) is 45.2 Å². The van der Waals surface area contributed by atoms with Crippen LogP contribution in [0.25, 0.3) is 32.8 Å².